The van der Waals surface area contributed by atoms with Gasteiger partial charge in [-0.2, -0.15) is 0 Å². The van der Waals surface area contributed by atoms with Crippen LogP contribution in [0.4, 0.5) is 15.8 Å². The molecule has 0 atom stereocenters. The van der Waals surface area contributed by atoms with E-state index in [4.69, 9.17) is 18.0 Å². The molecular weight excluding hydrogens is 275 g/mol. The molecule has 0 saturated heterocycles. The lowest BCUT2D eigenvalue weighted by atomic mass is 10.1. The summed E-state index contributed by atoms with van der Waals surface area (Å²) in [6.07, 6.45) is 0. The molecule has 0 aliphatic heterocycles. The van der Waals surface area contributed by atoms with Crippen LogP contribution in [0.1, 0.15) is 12.5 Å². The number of phenolic OH excluding ortho intramolecular Hbond substituents is 1. The summed E-state index contributed by atoms with van der Waals surface area (Å²) in [5, 5.41) is 9.54. The highest BCUT2D eigenvalue weighted by atomic mass is 32.1. The Bertz CT molecular complexity index is 646. The van der Waals surface area contributed by atoms with Crippen molar-refractivity contribution in [3.63, 3.8) is 0 Å². The monoisotopic (exact) mass is 290 g/mol. The van der Waals surface area contributed by atoms with Crippen LogP contribution >= 0.6 is 12.2 Å². The van der Waals surface area contributed by atoms with E-state index in [1.165, 1.54) is 6.07 Å². The first-order valence-corrected chi connectivity index (χ1v) is 6.59. The van der Waals surface area contributed by atoms with Gasteiger partial charge < -0.3 is 15.7 Å². The van der Waals surface area contributed by atoms with Gasteiger partial charge in [0.05, 0.1) is 0 Å². The number of rotatable bonds is 4. The van der Waals surface area contributed by atoms with E-state index in [9.17, 15) is 9.50 Å². The van der Waals surface area contributed by atoms with E-state index < -0.39 is 5.82 Å². The minimum Gasteiger partial charge on any atom is -0.508 e. The van der Waals surface area contributed by atoms with Gasteiger partial charge in [0.25, 0.3) is 0 Å². The normalized spacial score (nSPS) is 10.3. The summed E-state index contributed by atoms with van der Waals surface area (Å²) in [4.78, 5) is 1.92. The molecule has 0 unspecified atom stereocenters. The number of phenols is 1. The van der Waals surface area contributed by atoms with Crippen LogP contribution in [-0.2, 0) is 0 Å². The smallest absolute Gasteiger partial charge is 0.135 e. The molecule has 2 rings (SSSR count). The first-order chi connectivity index (χ1) is 9.52. The Morgan fingerprint density at radius 1 is 1.25 bits per heavy atom. The second-order valence-corrected chi connectivity index (χ2v) is 4.73. The molecule has 20 heavy (non-hydrogen) atoms. The summed E-state index contributed by atoms with van der Waals surface area (Å²) in [5.74, 6) is -0.283. The zero-order valence-corrected chi connectivity index (χ0v) is 11.8. The number of benzene rings is 2. The van der Waals surface area contributed by atoms with Crippen molar-refractivity contribution in [3.8, 4) is 5.75 Å². The summed E-state index contributed by atoms with van der Waals surface area (Å²) >= 11 is 4.79. The summed E-state index contributed by atoms with van der Waals surface area (Å²) in [5.41, 5.74) is 7.14. The summed E-state index contributed by atoms with van der Waals surface area (Å²) in [7, 11) is 0. The number of halogens is 1. The van der Waals surface area contributed by atoms with Crippen molar-refractivity contribution in [2.45, 2.75) is 6.92 Å². The fourth-order valence-corrected chi connectivity index (χ4v) is 2.21. The molecule has 0 fully saturated rings. The van der Waals surface area contributed by atoms with Crippen LogP contribution in [0, 0.1) is 5.82 Å². The molecule has 0 heterocycles. The van der Waals surface area contributed by atoms with Crippen molar-refractivity contribution in [2.75, 3.05) is 11.4 Å². The van der Waals surface area contributed by atoms with Crippen molar-refractivity contribution in [1.29, 1.82) is 0 Å². The largest absolute Gasteiger partial charge is 0.508 e. The van der Waals surface area contributed by atoms with Gasteiger partial charge in [-0.3, -0.25) is 0 Å². The van der Waals surface area contributed by atoms with E-state index in [1.807, 2.05) is 17.9 Å². The lowest BCUT2D eigenvalue weighted by Gasteiger charge is -2.23. The van der Waals surface area contributed by atoms with Gasteiger partial charge in [0, 0.05) is 29.5 Å². The summed E-state index contributed by atoms with van der Waals surface area (Å²) < 4.78 is 13.9. The van der Waals surface area contributed by atoms with E-state index in [2.05, 4.69) is 0 Å². The van der Waals surface area contributed by atoms with Crippen molar-refractivity contribution in [2.24, 2.45) is 5.73 Å². The van der Waals surface area contributed by atoms with Crippen molar-refractivity contribution >= 4 is 28.6 Å². The van der Waals surface area contributed by atoms with Crippen LogP contribution in [0.3, 0.4) is 0 Å². The molecule has 0 aromatic heterocycles. The highest BCUT2D eigenvalue weighted by Crippen LogP contribution is 2.28. The quantitative estimate of drug-likeness (QED) is 0.848. The first-order valence-electron chi connectivity index (χ1n) is 6.19. The minimum absolute atomic E-state index is 0.0365. The topological polar surface area (TPSA) is 49.5 Å². The number of hydrogen-bond acceptors (Lipinski definition) is 3. The molecule has 0 aliphatic rings. The van der Waals surface area contributed by atoms with E-state index in [-0.39, 0.29) is 16.3 Å². The average Bonchev–Trinajstić information content (AvgIpc) is 2.39. The molecular formula is C15H15FN2OS. The zero-order valence-electron chi connectivity index (χ0n) is 11.0. The highest BCUT2D eigenvalue weighted by Gasteiger charge is 2.12. The lowest BCUT2D eigenvalue weighted by molar-refractivity contribution is 0.475. The predicted molar refractivity (Wildman–Crippen MR) is 83.1 cm³/mol. The number of thiocarbonyl (C=S) groups is 1. The third-order valence-electron chi connectivity index (χ3n) is 2.99. The van der Waals surface area contributed by atoms with Gasteiger partial charge in [-0.25, -0.2) is 4.39 Å². The number of anilines is 2. The zero-order chi connectivity index (χ0) is 14.7. The Morgan fingerprint density at radius 2 is 1.95 bits per heavy atom. The van der Waals surface area contributed by atoms with Crippen molar-refractivity contribution < 1.29 is 9.50 Å². The van der Waals surface area contributed by atoms with Crippen LogP contribution in [0.2, 0.25) is 0 Å². The van der Waals surface area contributed by atoms with Crippen LogP contribution in [0.5, 0.6) is 5.75 Å². The van der Waals surface area contributed by atoms with Gasteiger partial charge in [-0.05, 0) is 37.3 Å². The Kier molecular flexibility index (Phi) is 4.20. The van der Waals surface area contributed by atoms with Crippen molar-refractivity contribution in [3.05, 3.63) is 53.8 Å². The molecule has 0 saturated carbocycles. The lowest BCUT2D eigenvalue weighted by Crippen LogP contribution is -2.17. The van der Waals surface area contributed by atoms with Crippen LogP contribution in [0.25, 0.3) is 0 Å². The van der Waals surface area contributed by atoms with Gasteiger partial charge in [-0.1, -0.05) is 18.3 Å². The maximum Gasteiger partial charge on any atom is 0.135 e. The number of aromatic hydroxyl groups is 1. The van der Waals surface area contributed by atoms with Gasteiger partial charge in [-0.15, -0.1) is 0 Å². The maximum absolute atomic E-state index is 13.9. The summed E-state index contributed by atoms with van der Waals surface area (Å²) in [6, 6.07) is 11.5. The molecule has 2 aromatic carbocycles. The Morgan fingerprint density at radius 3 is 2.50 bits per heavy atom. The van der Waals surface area contributed by atoms with E-state index >= 15 is 0 Å². The summed E-state index contributed by atoms with van der Waals surface area (Å²) in [6.45, 7) is 2.58. The molecule has 0 spiro atoms. The van der Waals surface area contributed by atoms with Gasteiger partial charge >= 0.3 is 0 Å². The molecule has 3 nitrogen and oxygen atoms in total. The Hall–Kier alpha value is -2.14. The van der Waals surface area contributed by atoms with Crippen LogP contribution in [-0.4, -0.2) is 16.6 Å². The van der Waals surface area contributed by atoms with Gasteiger partial charge in [0.2, 0.25) is 0 Å². The molecule has 2 aromatic rings. The number of nitrogens with two attached hydrogens (primary N) is 1. The van der Waals surface area contributed by atoms with Crippen LogP contribution < -0.4 is 10.6 Å². The Balaban J connectivity index is 2.42. The Labute approximate surface area is 122 Å². The van der Waals surface area contributed by atoms with Gasteiger partial charge in [0.1, 0.15) is 16.6 Å². The van der Waals surface area contributed by atoms with E-state index in [1.54, 1.807) is 30.3 Å². The minimum atomic E-state index is -0.450. The SMILES string of the molecule is CCN(c1cccc(O)c1)c1ccc(C(N)=S)c(F)c1. The third-order valence-corrected chi connectivity index (χ3v) is 3.21. The van der Waals surface area contributed by atoms with Crippen molar-refractivity contribution in [1.82, 2.24) is 0 Å². The predicted octanol–water partition coefficient (Wildman–Crippen LogP) is 3.32. The van der Waals surface area contributed by atoms with E-state index in [0.717, 1.165) is 5.69 Å². The molecule has 0 amide bonds. The standard InChI is InChI=1S/C15H15FN2OS/c1-2-18(10-4-3-5-12(19)8-10)11-6-7-13(15(17)20)14(16)9-11/h3-9,19H,2H2,1H3,(H2,17,20). The molecule has 0 bridgehead atoms. The second-order valence-electron chi connectivity index (χ2n) is 4.29. The first kappa shape index (κ1) is 14.3. The fourth-order valence-electron chi connectivity index (χ4n) is 2.05. The second kappa shape index (κ2) is 5.88. The number of nitrogens with zero attached hydrogens (tertiary/aromatic N) is 1. The average molecular weight is 290 g/mol. The number of hydrogen-bond donors (Lipinski definition) is 2. The van der Waals surface area contributed by atoms with Gasteiger partial charge in [0.15, 0.2) is 0 Å². The molecule has 0 radical (unpaired) electrons. The van der Waals surface area contributed by atoms with E-state index in [0.29, 0.717) is 12.2 Å². The fraction of sp³-hybridized carbons (Fsp3) is 0.133. The molecule has 3 N–H and O–H groups in total. The maximum atomic E-state index is 13.9. The molecule has 104 valence electrons. The molecule has 5 heteroatoms. The highest BCUT2D eigenvalue weighted by molar-refractivity contribution is 7.80. The third kappa shape index (κ3) is 2.88. The van der Waals surface area contributed by atoms with Crippen LogP contribution in [0.15, 0.2) is 42.5 Å². The molecule has 0 aliphatic carbocycles.